The van der Waals surface area contributed by atoms with Crippen molar-refractivity contribution in [2.24, 2.45) is 0 Å². The van der Waals surface area contributed by atoms with Crippen LogP contribution in [0, 0.1) is 0 Å². The molecular formula is C27H27ClN4O3. The number of fused-ring (bicyclic) bond motifs is 1. The summed E-state index contributed by atoms with van der Waals surface area (Å²) in [4.78, 5) is 40.0. The average Bonchev–Trinajstić information content (AvgIpc) is 2.88. The Morgan fingerprint density at radius 2 is 1.54 bits per heavy atom. The second kappa shape index (κ2) is 11.5. The Morgan fingerprint density at radius 1 is 0.857 bits per heavy atom. The zero-order chi connectivity index (χ0) is 24.6. The summed E-state index contributed by atoms with van der Waals surface area (Å²) in [6.45, 7) is 0.922. The van der Waals surface area contributed by atoms with E-state index in [1.54, 1.807) is 24.3 Å². The van der Waals surface area contributed by atoms with Crippen LogP contribution in [0.2, 0.25) is 5.02 Å². The molecule has 3 aromatic rings. The summed E-state index contributed by atoms with van der Waals surface area (Å²) in [5.74, 6) is -1.12. The average molecular weight is 491 g/mol. The van der Waals surface area contributed by atoms with Crippen molar-refractivity contribution < 1.29 is 14.4 Å². The van der Waals surface area contributed by atoms with Gasteiger partial charge in [0.1, 0.15) is 0 Å². The highest BCUT2D eigenvalue weighted by atomic mass is 35.5. The first-order valence-corrected chi connectivity index (χ1v) is 11.9. The van der Waals surface area contributed by atoms with Crippen LogP contribution in [0.4, 0.5) is 5.69 Å². The van der Waals surface area contributed by atoms with Crippen molar-refractivity contribution in [2.75, 3.05) is 18.0 Å². The smallest absolute Gasteiger partial charge is 0.257 e. The zero-order valence-electron chi connectivity index (χ0n) is 19.2. The van der Waals surface area contributed by atoms with E-state index in [1.165, 1.54) is 5.56 Å². The third-order valence-electron chi connectivity index (χ3n) is 5.90. The Morgan fingerprint density at radius 3 is 2.34 bits per heavy atom. The van der Waals surface area contributed by atoms with Gasteiger partial charge in [0.25, 0.3) is 11.8 Å². The van der Waals surface area contributed by atoms with Gasteiger partial charge in [0, 0.05) is 12.2 Å². The number of para-hydroxylation sites is 1. The number of hydrogen-bond donors (Lipinski definition) is 3. The van der Waals surface area contributed by atoms with Crippen molar-refractivity contribution in [1.82, 2.24) is 16.2 Å². The van der Waals surface area contributed by atoms with Gasteiger partial charge in [-0.3, -0.25) is 25.2 Å². The molecule has 3 amide bonds. The second-order valence-corrected chi connectivity index (χ2v) is 8.78. The number of amides is 3. The molecule has 8 heteroatoms. The zero-order valence-corrected chi connectivity index (χ0v) is 19.9. The number of hydrazine groups is 1. The summed E-state index contributed by atoms with van der Waals surface area (Å²) >= 11 is 6.16. The number of anilines is 1. The lowest BCUT2D eigenvalue weighted by Gasteiger charge is -2.30. The summed E-state index contributed by atoms with van der Waals surface area (Å²) in [5, 5.41) is 3.21. The molecule has 1 aliphatic rings. The lowest BCUT2D eigenvalue weighted by Crippen LogP contribution is -2.48. The Balaban J connectivity index is 1.35. The second-order valence-electron chi connectivity index (χ2n) is 8.37. The summed E-state index contributed by atoms with van der Waals surface area (Å²) in [6.07, 6.45) is 1.90. The Kier molecular flexibility index (Phi) is 8.00. The van der Waals surface area contributed by atoms with Crippen LogP contribution < -0.4 is 21.1 Å². The minimum atomic E-state index is -0.606. The molecule has 0 bridgehead atoms. The predicted molar refractivity (Wildman–Crippen MR) is 136 cm³/mol. The van der Waals surface area contributed by atoms with Gasteiger partial charge in [0.2, 0.25) is 5.91 Å². The first kappa shape index (κ1) is 24.3. The minimum absolute atomic E-state index is 0.0625. The molecule has 180 valence electrons. The first-order chi connectivity index (χ1) is 17.0. The van der Waals surface area contributed by atoms with Crippen LogP contribution in [0.15, 0.2) is 78.9 Å². The molecule has 0 fully saturated rings. The maximum absolute atomic E-state index is 12.8. The number of halogens is 1. The van der Waals surface area contributed by atoms with E-state index in [0.717, 1.165) is 30.6 Å². The summed E-state index contributed by atoms with van der Waals surface area (Å²) in [6, 6.07) is 23.3. The normalized spacial score (nSPS) is 13.3. The van der Waals surface area contributed by atoms with Crippen molar-refractivity contribution >= 4 is 35.0 Å². The fourth-order valence-electron chi connectivity index (χ4n) is 4.18. The third-order valence-corrected chi connectivity index (χ3v) is 6.23. The number of aryl methyl sites for hydroxylation is 1. The maximum Gasteiger partial charge on any atom is 0.257 e. The van der Waals surface area contributed by atoms with Gasteiger partial charge < -0.3 is 10.2 Å². The molecule has 0 radical (unpaired) electrons. The summed E-state index contributed by atoms with van der Waals surface area (Å²) in [7, 11) is 0. The molecule has 0 saturated heterocycles. The molecule has 1 unspecified atom stereocenters. The molecule has 7 nitrogen and oxygen atoms in total. The van der Waals surface area contributed by atoms with Gasteiger partial charge in [-0.2, -0.15) is 0 Å². The standard InChI is InChI=1S/C27H27ClN4O3/c28-22-14-6-5-13-21(22)27(35)29-23(19-9-2-1-3-10-19)17-25(33)30-31-26(34)18-32-16-8-12-20-11-4-7-15-24(20)32/h1-7,9-11,13-15,23H,8,12,16-18H2,(H,29,35)(H,30,33)(H,31,34). The highest BCUT2D eigenvalue weighted by Gasteiger charge is 2.22. The van der Waals surface area contributed by atoms with Crippen molar-refractivity contribution in [3.63, 3.8) is 0 Å². The van der Waals surface area contributed by atoms with Crippen LogP contribution in [-0.2, 0) is 16.0 Å². The van der Waals surface area contributed by atoms with Crippen LogP contribution in [0.25, 0.3) is 0 Å². The monoisotopic (exact) mass is 490 g/mol. The number of nitrogens with one attached hydrogen (secondary N) is 3. The van der Waals surface area contributed by atoms with Crippen molar-refractivity contribution in [2.45, 2.75) is 25.3 Å². The molecule has 0 spiro atoms. The molecule has 1 aliphatic heterocycles. The van der Waals surface area contributed by atoms with Gasteiger partial charge in [-0.25, -0.2) is 0 Å². The lowest BCUT2D eigenvalue weighted by molar-refractivity contribution is -0.128. The van der Waals surface area contributed by atoms with Crippen LogP contribution in [0.1, 0.15) is 40.4 Å². The molecule has 4 rings (SSSR count). The van der Waals surface area contributed by atoms with E-state index in [4.69, 9.17) is 11.6 Å². The van der Waals surface area contributed by atoms with Gasteiger partial charge in [-0.15, -0.1) is 0 Å². The van der Waals surface area contributed by atoms with Crippen LogP contribution >= 0.6 is 11.6 Å². The van der Waals surface area contributed by atoms with E-state index < -0.39 is 11.9 Å². The Labute approximate surface area is 209 Å². The molecular weight excluding hydrogens is 464 g/mol. The van der Waals surface area contributed by atoms with E-state index in [0.29, 0.717) is 10.6 Å². The Hall–Kier alpha value is -3.84. The van der Waals surface area contributed by atoms with Gasteiger partial charge >= 0.3 is 0 Å². The predicted octanol–water partition coefficient (Wildman–Crippen LogP) is 3.80. The van der Waals surface area contributed by atoms with Gasteiger partial charge in [-0.05, 0) is 42.2 Å². The quantitative estimate of drug-likeness (QED) is 0.439. The molecule has 0 aromatic heterocycles. The van der Waals surface area contributed by atoms with E-state index in [1.807, 2.05) is 53.4 Å². The molecule has 1 heterocycles. The summed E-state index contributed by atoms with van der Waals surface area (Å²) < 4.78 is 0. The topological polar surface area (TPSA) is 90.5 Å². The minimum Gasteiger partial charge on any atom is -0.362 e. The van der Waals surface area contributed by atoms with Gasteiger partial charge in [-0.1, -0.05) is 72.3 Å². The number of hydrogen-bond acceptors (Lipinski definition) is 4. The van der Waals surface area contributed by atoms with Crippen molar-refractivity contribution in [3.05, 3.63) is 101 Å². The fourth-order valence-corrected chi connectivity index (χ4v) is 4.40. The van der Waals surface area contributed by atoms with E-state index in [2.05, 4.69) is 22.2 Å². The Bertz CT molecular complexity index is 1200. The van der Waals surface area contributed by atoms with Gasteiger partial charge in [0.15, 0.2) is 0 Å². The number of rotatable bonds is 7. The summed E-state index contributed by atoms with van der Waals surface area (Å²) in [5.41, 5.74) is 8.33. The van der Waals surface area contributed by atoms with Crippen LogP contribution in [0.5, 0.6) is 0 Å². The van der Waals surface area contributed by atoms with E-state index in [9.17, 15) is 14.4 Å². The SMILES string of the molecule is O=C(CC(NC(=O)c1ccccc1Cl)c1ccccc1)NNC(=O)CN1CCCc2ccccc21. The van der Waals surface area contributed by atoms with E-state index >= 15 is 0 Å². The molecule has 3 N–H and O–H groups in total. The molecule has 0 aliphatic carbocycles. The van der Waals surface area contributed by atoms with E-state index in [-0.39, 0.29) is 24.8 Å². The fraction of sp³-hybridized carbons (Fsp3) is 0.222. The van der Waals surface area contributed by atoms with Crippen molar-refractivity contribution in [3.8, 4) is 0 Å². The number of nitrogens with zero attached hydrogens (tertiary/aromatic N) is 1. The maximum atomic E-state index is 12.8. The molecule has 35 heavy (non-hydrogen) atoms. The van der Waals surface area contributed by atoms with Crippen molar-refractivity contribution in [1.29, 1.82) is 0 Å². The third kappa shape index (κ3) is 6.39. The number of carbonyl (C=O) groups is 3. The highest BCUT2D eigenvalue weighted by molar-refractivity contribution is 6.33. The van der Waals surface area contributed by atoms with Crippen LogP contribution in [-0.4, -0.2) is 30.8 Å². The van der Waals surface area contributed by atoms with Crippen LogP contribution in [0.3, 0.4) is 0 Å². The molecule has 1 atom stereocenters. The molecule has 0 saturated carbocycles. The molecule has 3 aromatic carbocycles. The first-order valence-electron chi connectivity index (χ1n) is 11.5. The van der Waals surface area contributed by atoms with Gasteiger partial charge in [0.05, 0.1) is 29.6 Å². The lowest BCUT2D eigenvalue weighted by atomic mass is 10.0. The number of benzene rings is 3. The highest BCUT2D eigenvalue weighted by Crippen LogP contribution is 2.26. The largest absolute Gasteiger partial charge is 0.362 e. The number of carbonyl (C=O) groups excluding carboxylic acids is 3.